The second kappa shape index (κ2) is 11.1. The number of methoxy groups -OCH3 is 1. The Labute approximate surface area is 207 Å². The first kappa shape index (κ1) is 24.5. The first-order chi connectivity index (χ1) is 15.8. The van der Waals surface area contributed by atoms with Gasteiger partial charge in [-0.15, -0.1) is 0 Å². The molecule has 0 aliphatic carbocycles. The lowest BCUT2D eigenvalue weighted by atomic mass is 10.2. The Morgan fingerprint density at radius 2 is 1.91 bits per heavy atom. The lowest BCUT2D eigenvalue weighted by Gasteiger charge is -2.13. The Morgan fingerprint density at radius 1 is 1.18 bits per heavy atom. The molecule has 0 heterocycles. The van der Waals surface area contributed by atoms with E-state index in [-0.39, 0.29) is 16.3 Å². The van der Waals surface area contributed by atoms with Gasteiger partial charge in [0.25, 0.3) is 11.6 Å². The Bertz CT molecular complexity index is 1220. The van der Waals surface area contributed by atoms with Crippen LogP contribution in [0.2, 0.25) is 10.0 Å². The van der Waals surface area contributed by atoms with Gasteiger partial charge >= 0.3 is 0 Å². The summed E-state index contributed by atoms with van der Waals surface area (Å²) in [5.74, 6) is 0.335. The van der Waals surface area contributed by atoms with Gasteiger partial charge in [0.1, 0.15) is 11.6 Å². The van der Waals surface area contributed by atoms with Crippen molar-refractivity contribution in [2.45, 2.75) is 6.61 Å². The molecule has 170 valence electrons. The summed E-state index contributed by atoms with van der Waals surface area (Å²) in [6.07, 6.45) is 1.40. The van der Waals surface area contributed by atoms with E-state index in [0.29, 0.717) is 33.2 Å². The minimum atomic E-state index is -0.664. The first-order valence-corrected chi connectivity index (χ1v) is 10.9. The van der Waals surface area contributed by atoms with Crippen LogP contribution in [0.1, 0.15) is 21.5 Å². The lowest BCUT2D eigenvalue weighted by molar-refractivity contribution is -0.384. The van der Waals surface area contributed by atoms with Gasteiger partial charge in [0.15, 0.2) is 11.5 Å². The average molecular weight is 553 g/mol. The van der Waals surface area contributed by atoms with Gasteiger partial charge in [0.05, 0.1) is 22.7 Å². The summed E-state index contributed by atoms with van der Waals surface area (Å²) >= 11 is 15.1. The van der Waals surface area contributed by atoms with Gasteiger partial charge in [0, 0.05) is 16.7 Å². The number of amides is 1. The van der Waals surface area contributed by atoms with Crippen molar-refractivity contribution in [2.75, 3.05) is 7.11 Å². The van der Waals surface area contributed by atoms with Gasteiger partial charge in [-0.1, -0.05) is 35.3 Å². The van der Waals surface area contributed by atoms with Gasteiger partial charge in [-0.25, -0.2) is 5.43 Å². The molecule has 1 amide bonds. The molecule has 3 aromatic rings. The third-order valence-corrected chi connectivity index (χ3v) is 5.49. The zero-order valence-corrected chi connectivity index (χ0v) is 20.1. The number of halogens is 3. The fraction of sp³-hybridized carbons (Fsp3) is 0.0909. The normalized spacial score (nSPS) is 10.8. The second-order valence-electron chi connectivity index (χ2n) is 6.57. The van der Waals surface area contributed by atoms with E-state index in [2.05, 4.69) is 26.5 Å². The molecule has 0 fully saturated rings. The molecule has 3 rings (SSSR count). The fourth-order valence-electron chi connectivity index (χ4n) is 2.71. The van der Waals surface area contributed by atoms with Crippen molar-refractivity contribution in [1.29, 1.82) is 0 Å². The molecule has 33 heavy (non-hydrogen) atoms. The summed E-state index contributed by atoms with van der Waals surface area (Å²) < 4.78 is 11.9. The fourth-order valence-corrected chi connectivity index (χ4v) is 3.60. The molecule has 0 spiro atoms. The Morgan fingerprint density at radius 3 is 2.58 bits per heavy atom. The summed E-state index contributed by atoms with van der Waals surface area (Å²) in [6.45, 7) is 0.308. The highest BCUT2D eigenvalue weighted by molar-refractivity contribution is 9.10. The first-order valence-electron chi connectivity index (χ1n) is 9.30. The maximum absolute atomic E-state index is 12.3. The number of hydrogen-bond acceptors (Lipinski definition) is 6. The van der Waals surface area contributed by atoms with Crippen LogP contribution >= 0.6 is 39.1 Å². The molecule has 0 aliphatic heterocycles. The number of carbonyl (C=O) groups is 1. The highest BCUT2D eigenvalue weighted by Crippen LogP contribution is 2.37. The molecule has 1 N–H and O–H groups in total. The van der Waals surface area contributed by atoms with E-state index in [4.69, 9.17) is 32.7 Å². The lowest BCUT2D eigenvalue weighted by Crippen LogP contribution is -2.17. The summed E-state index contributed by atoms with van der Waals surface area (Å²) in [6, 6.07) is 14.4. The van der Waals surface area contributed by atoms with Crippen LogP contribution in [0.15, 0.2) is 64.2 Å². The Kier molecular flexibility index (Phi) is 8.26. The smallest absolute Gasteiger partial charge is 0.288 e. The molecule has 3 aromatic carbocycles. The van der Waals surface area contributed by atoms with E-state index in [0.717, 1.165) is 11.6 Å². The standard InChI is InChI=1S/C22H16BrCl2N3O5/c1-32-20-9-14(8-17(23)21(20)33-12-13-2-5-16(24)6-3-13)11-26-27-22(29)15-4-7-18(25)19(10-15)28(30)31/h2-11H,12H2,1H3,(H,27,29)/b26-11-. The number of benzene rings is 3. The van der Waals surface area contributed by atoms with Crippen LogP contribution in [0.3, 0.4) is 0 Å². The van der Waals surface area contributed by atoms with Crippen molar-refractivity contribution in [3.8, 4) is 11.5 Å². The molecule has 0 radical (unpaired) electrons. The van der Waals surface area contributed by atoms with Gasteiger partial charge in [-0.05, 0) is 63.5 Å². The molecular weight excluding hydrogens is 537 g/mol. The molecule has 0 aliphatic rings. The molecule has 0 saturated carbocycles. The number of carbonyl (C=O) groups excluding carboxylic acids is 1. The van der Waals surface area contributed by atoms with Crippen LogP contribution in [-0.2, 0) is 6.61 Å². The Balaban J connectivity index is 1.70. The molecule has 8 nitrogen and oxygen atoms in total. The number of nitro benzene ring substituents is 1. The maximum Gasteiger partial charge on any atom is 0.288 e. The minimum Gasteiger partial charge on any atom is -0.493 e. The predicted molar refractivity (Wildman–Crippen MR) is 130 cm³/mol. The number of nitro groups is 1. The minimum absolute atomic E-state index is 0.0490. The zero-order chi connectivity index (χ0) is 24.0. The SMILES string of the molecule is COc1cc(/C=N\NC(=O)c2ccc(Cl)c([N+](=O)[O-])c2)cc(Br)c1OCc1ccc(Cl)cc1. The van der Waals surface area contributed by atoms with E-state index in [1.807, 2.05) is 12.1 Å². The van der Waals surface area contributed by atoms with E-state index in [9.17, 15) is 14.9 Å². The van der Waals surface area contributed by atoms with Crippen molar-refractivity contribution < 1.29 is 19.2 Å². The van der Waals surface area contributed by atoms with E-state index < -0.39 is 10.8 Å². The Hall–Kier alpha value is -3.14. The molecule has 0 atom stereocenters. The van der Waals surface area contributed by atoms with Crippen molar-refractivity contribution in [2.24, 2.45) is 5.10 Å². The monoisotopic (exact) mass is 551 g/mol. The van der Waals surface area contributed by atoms with Crippen molar-refractivity contribution in [1.82, 2.24) is 5.43 Å². The van der Waals surface area contributed by atoms with Crippen molar-refractivity contribution in [3.63, 3.8) is 0 Å². The quantitative estimate of drug-likeness (QED) is 0.209. The van der Waals surface area contributed by atoms with Gasteiger partial charge < -0.3 is 9.47 Å². The third-order valence-electron chi connectivity index (χ3n) is 4.33. The molecular formula is C22H16BrCl2N3O5. The number of nitrogens with one attached hydrogen (secondary N) is 1. The number of hydrazone groups is 1. The van der Waals surface area contributed by atoms with Gasteiger partial charge in [0.2, 0.25) is 0 Å². The summed E-state index contributed by atoms with van der Waals surface area (Å²) in [7, 11) is 1.51. The summed E-state index contributed by atoms with van der Waals surface area (Å²) in [4.78, 5) is 22.6. The predicted octanol–water partition coefficient (Wildman–Crippen LogP) is 6.02. The van der Waals surface area contributed by atoms with Gasteiger partial charge in [-0.2, -0.15) is 5.10 Å². The highest BCUT2D eigenvalue weighted by atomic mass is 79.9. The van der Waals surface area contributed by atoms with Crippen molar-refractivity contribution >= 4 is 56.9 Å². The zero-order valence-electron chi connectivity index (χ0n) is 17.1. The molecule has 0 aromatic heterocycles. The maximum atomic E-state index is 12.3. The number of nitrogens with zero attached hydrogens (tertiary/aromatic N) is 2. The molecule has 0 saturated heterocycles. The number of ether oxygens (including phenoxy) is 2. The third kappa shape index (κ3) is 6.44. The number of hydrogen-bond donors (Lipinski definition) is 1. The van der Waals surface area contributed by atoms with Crippen LogP contribution in [0, 0.1) is 10.1 Å². The molecule has 0 bridgehead atoms. The van der Waals surface area contributed by atoms with Crippen LogP contribution in [0.25, 0.3) is 0 Å². The van der Waals surface area contributed by atoms with Crippen LogP contribution < -0.4 is 14.9 Å². The highest BCUT2D eigenvalue weighted by Gasteiger charge is 2.16. The van der Waals surface area contributed by atoms with Gasteiger partial charge in [-0.3, -0.25) is 14.9 Å². The summed E-state index contributed by atoms with van der Waals surface area (Å²) in [5, 5.41) is 15.5. The largest absolute Gasteiger partial charge is 0.493 e. The van der Waals surface area contributed by atoms with E-state index >= 15 is 0 Å². The number of rotatable bonds is 8. The molecule has 0 unspecified atom stereocenters. The van der Waals surface area contributed by atoms with Crippen LogP contribution in [-0.4, -0.2) is 24.2 Å². The molecule has 11 heteroatoms. The van der Waals surface area contributed by atoms with E-state index in [1.54, 1.807) is 24.3 Å². The second-order valence-corrected chi connectivity index (χ2v) is 8.27. The van der Waals surface area contributed by atoms with Crippen molar-refractivity contribution in [3.05, 3.63) is 95.9 Å². The van der Waals surface area contributed by atoms with E-state index in [1.165, 1.54) is 25.5 Å². The summed E-state index contributed by atoms with van der Waals surface area (Å²) in [5.41, 5.74) is 3.55. The topological polar surface area (TPSA) is 103 Å². The average Bonchev–Trinajstić information content (AvgIpc) is 2.79. The van der Waals surface area contributed by atoms with Crippen LogP contribution in [0.4, 0.5) is 5.69 Å². The van der Waals surface area contributed by atoms with Crippen LogP contribution in [0.5, 0.6) is 11.5 Å².